The molecule has 0 radical (unpaired) electrons. The molecule has 0 atom stereocenters. The van der Waals surface area contributed by atoms with E-state index in [2.05, 4.69) is 47.6 Å². The van der Waals surface area contributed by atoms with Crippen LogP contribution in [0.4, 0.5) is 23.3 Å². The number of likely N-dealkylation sites (N-methyl/N-ethyl adjacent to an activating group) is 1. The summed E-state index contributed by atoms with van der Waals surface area (Å²) in [5, 5.41) is 10.0. The van der Waals surface area contributed by atoms with E-state index in [0.717, 1.165) is 26.2 Å². The van der Waals surface area contributed by atoms with Crippen molar-refractivity contribution in [2.24, 2.45) is 0 Å². The van der Waals surface area contributed by atoms with Crippen molar-refractivity contribution in [3.05, 3.63) is 48.1 Å². The van der Waals surface area contributed by atoms with Crippen molar-refractivity contribution >= 4 is 40.2 Å². The van der Waals surface area contributed by atoms with Gasteiger partial charge in [0.05, 0.1) is 19.0 Å². The molecule has 4 aromatic rings. The number of amides is 1. The molecule has 12 heteroatoms. The molecule has 5 rings (SSSR count). The van der Waals surface area contributed by atoms with Crippen LogP contribution in [0.25, 0.3) is 11.0 Å². The number of carbonyl (C=O) groups is 1. The molecule has 3 aromatic heterocycles. The van der Waals surface area contributed by atoms with E-state index in [-0.39, 0.29) is 11.3 Å². The van der Waals surface area contributed by atoms with Crippen LogP contribution < -0.4 is 20.3 Å². The molecule has 0 saturated carbocycles. The van der Waals surface area contributed by atoms with Crippen LogP contribution in [0.15, 0.2) is 41.3 Å². The van der Waals surface area contributed by atoms with Gasteiger partial charge in [0.1, 0.15) is 28.9 Å². The highest BCUT2D eigenvalue weighted by molar-refractivity contribution is 6.04. The standard InChI is InChI=1S/C26H31N9O3/c1-26(2,3)20-13-21(33-38-20)31-24(36)16-6-7-19(37-5)17(12-16)30-23-22-18(28-15-29-23)14-27-25(32-22)35-10-8-34(4)9-11-35/h6-7,12-15H,8-11H2,1-5H3,(H,28,29,30)(H,31,33,36). The van der Waals surface area contributed by atoms with Crippen LogP contribution in [0.3, 0.4) is 0 Å². The Kier molecular flexibility index (Phi) is 6.81. The molecule has 1 saturated heterocycles. The van der Waals surface area contributed by atoms with Gasteiger partial charge in [-0.1, -0.05) is 25.9 Å². The second-order valence-corrected chi connectivity index (χ2v) is 10.2. The molecule has 1 fully saturated rings. The van der Waals surface area contributed by atoms with Gasteiger partial charge in [-0.2, -0.15) is 0 Å². The van der Waals surface area contributed by atoms with Crippen LogP contribution in [-0.4, -0.2) is 76.2 Å². The topological polar surface area (TPSA) is 134 Å². The summed E-state index contributed by atoms with van der Waals surface area (Å²) in [5.41, 5.74) is 1.91. The molecular formula is C26H31N9O3. The number of aromatic nitrogens is 5. The van der Waals surface area contributed by atoms with Crippen molar-refractivity contribution in [1.82, 2.24) is 30.0 Å². The predicted octanol–water partition coefficient (Wildman–Crippen LogP) is 3.46. The molecule has 0 bridgehead atoms. The molecule has 0 unspecified atom stereocenters. The van der Waals surface area contributed by atoms with Crippen LogP contribution in [-0.2, 0) is 5.41 Å². The van der Waals surface area contributed by atoms with Gasteiger partial charge < -0.3 is 29.7 Å². The average Bonchev–Trinajstić information content (AvgIpc) is 3.38. The number of nitrogens with one attached hydrogen (secondary N) is 2. The fourth-order valence-electron chi connectivity index (χ4n) is 4.05. The Balaban J connectivity index is 1.41. The molecule has 2 N–H and O–H groups in total. The number of fused-ring (bicyclic) bond motifs is 1. The molecule has 1 amide bonds. The molecule has 1 aromatic carbocycles. The zero-order valence-electron chi connectivity index (χ0n) is 22.1. The largest absolute Gasteiger partial charge is 0.495 e. The van der Waals surface area contributed by atoms with Gasteiger partial charge in [0.2, 0.25) is 5.95 Å². The van der Waals surface area contributed by atoms with E-state index in [0.29, 0.717) is 51.4 Å². The fourth-order valence-corrected chi connectivity index (χ4v) is 4.05. The molecule has 1 aliphatic rings. The number of ether oxygens (including phenoxy) is 1. The summed E-state index contributed by atoms with van der Waals surface area (Å²) in [6.07, 6.45) is 3.15. The normalized spacial score (nSPS) is 14.5. The smallest absolute Gasteiger partial charge is 0.256 e. The van der Waals surface area contributed by atoms with Crippen molar-refractivity contribution in [3.63, 3.8) is 0 Å². The average molecular weight is 518 g/mol. The Morgan fingerprint density at radius 2 is 1.87 bits per heavy atom. The van der Waals surface area contributed by atoms with Crippen molar-refractivity contribution in [2.75, 3.05) is 55.9 Å². The van der Waals surface area contributed by atoms with E-state index < -0.39 is 0 Å². The number of nitrogens with zero attached hydrogens (tertiary/aromatic N) is 7. The lowest BCUT2D eigenvalue weighted by Crippen LogP contribution is -2.45. The Morgan fingerprint density at radius 3 is 2.58 bits per heavy atom. The number of piperazine rings is 1. The van der Waals surface area contributed by atoms with Crippen molar-refractivity contribution in [2.45, 2.75) is 26.2 Å². The monoisotopic (exact) mass is 517 g/mol. The van der Waals surface area contributed by atoms with Gasteiger partial charge in [-0.3, -0.25) is 4.79 Å². The zero-order chi connectivity index (χ0) is 26.9. The Morgan fingerprint density at radius 1 is 1.08 bits per heavy atom. The van der Waals surface area contributed by atoms with E-state index in [1.165, 1.54) is 6.33 Å². The van der Waals surface area contributed by atoms with Crippen LogP contribution in [0.5, 0.6) is 5.75 Å². The minimum absolute atomic E-state index is 0.221. The highest BCUT2D eigenvalue weighted by atomic mass is 16.5. The lowest BCUT2D eigenvalue weighted by Gasteiger charge is -2.32. The van der Waals surface area contributed by atoms with Crippen molar-refractivity contribution in [3.8, 4) is 5.75 Å². The van der Waals surface area contributed by atoms with Gasteiger partial charge in [-0.05, 0) is 25.2 Å². The third-order valence-corrected chi connectivity index (χ3v) is 6.36. The lowest BCUT2D eigenvalue weighted by atomic mass is 9.93. The summed E-state index contributed by atoms with van der Waals surface area (Å²) in [6.45, 7) is 9.59. The van der Waals surface area contributed by atoms with Crippen LogP contribution in [0.1, 0.15) is 36.9 Å². The Hall–Kier alpha value is -4.32. The molecule has 1 aliphatic heterocycles. The maximum Gasteiger partial charge on any atom is 0.256 e. The summed E-state index contributed by atoms with van der Waals surface area (Å²) in [7, 11) is 3.67. The third kappa shape index (κ3) is 5.35. The minimum Gasteiger partial charge on any atom is -0.495 e. The minimum atomic E-state index is -0.336. The summed E-state index contributed by atoms with van der Waals surface area (Å²) in [4.78, 5) is 35.5. The number of hydrogen-bond donors (Lipinski definition) is 2. The van der Waals surface area contributed by atoms with Crippen LogP contribution >= 0.6 is 0 Å². The molecule has 0 aliphatic carbocycles. The number of benzene rings is 1. The summed E-state index contributed by atoms with van der Waals surface area (Å²) in [6, 6.07) is 6.81. The maximum atomic E-state index is 13.0. The molecule has 4 heterocycles. The first-order chi connectivity index (χ1) is 18.2. The molecule has 12 nitrogen and oxygen atoms in total. The first-order valence-electron chi connectivity index (χ1n) is 12.4. The second-order valence-electron chi connectivity index (χ2n) is 10.2. The summed E-state index contributed by atoms with van der Waals surface area (Å²) >= 11 is 0. The number of anilines is 4. The van der Waals surface area contributed by atoms with Crippen LogP contribution in [0, 0.1) is 0 Å². The highest BCUT2D eigenvalue weighted by Gasteiger charge is 2.22. The van der Waals surface area contributed by atoms with Gasteiger partial charge in [0.25, 0.3) is 5.91 Å². The Bertz CT molecular complexity index is 1460. The summed E-state index contributed by atoms with van der Waals surface area (Å²) < 4.78 is 10.9. The van der Waals surface area contributed by atoms with Gasteiger partial charge in [-0.15, -0.1) is 0 Å². The second kappa shape index (κ2) is 10.2. The SMILES string of the molecule is COc1ccc(C(=O)Nc2cc(C(C)(C)C)on2)cc1Nc1ncnc2cnc(N3CCN(C)CC3)nc12. The van der Waals surface area contributed by atoms with Gasteiger partial charge >= 0.3 is 0 Å². The van der Waals surface area contributed by atoms with E-state index in [1.54, 1.807) is 37.6 Å². The molecule has 198 valence electrons. The van der Waals surface area contributed by atoms with E-state index in [9.17, 15) is 4.79 Å². The quantitative estimate of drug-likeness (QED) is 0.389. The van der Waals surface area contributed by atoms with E-state index in [4.69, 9.17) is 14.2 Å². The van der Waals surface area contributed by atoms with Gasteiger partial charge in [0.15, 0.2) is 11.6 Å². The number of carbonyl (C=O) groups excluding carboxylic acids is 1. The fraction of sp³-hybridized carbons (Fsp3) is 0.385. The van der Waals surface area contributed by atoms with E-state index in [1.807, 2.05) is 20.8 Å². The maximum absolute atomic E-state index is 13.0. The molecule has 38 heavy (non-hydrogen) atoms. The molecular weight excluding hydrogens is 486 g/mol. The predicted molar refractivity (Wildman–Crippen MR) is 144 cm³/mol. The zero-order valence-corrected chi connectivity index (χ0v) is 22.1. The van der Waals surface area contributed by atoms with Gasteiger partial charge in [-0.25, -0.2) is 19.9 Å². The van der Waals surface area contributed by atoms with Gasteiger partial charge in [0, 0.05) is 43.2 Å². The van der Waals surface area contributed by atoms with Crippen molar-refractivity contribution in [1.29, 1.82) is 0 Å². The van der Waals surface area contributed by atoms with Crippen molar-refractivity contribution < 1.29 is 14.1 Å². The number of methoxy groups -OCH3 is 1. The lowest BCUT2D eigenvalue weighted by molar-refractivity contribution is 0.102. The van der Waals surface area contributed by atoms with Crippen LogP contribution in [0.2, 0.25) is 0 Å². The third-order valence-electron chi connectivity index (χ3n) is 6.36. The Labute approximate surface area is 220 Å². The first-order valence-corrected chi connectivity index (χ1v) is 12.4. The summed E-state index contributed by atoms with van der Waals surface area (Å²) in [5.74, 6) is 2.34. The first kappa shape index (κ1) is 25.3. The number of rotatable bonds is 6. The van der Waals surface area contributed by atoms with E-state index >= 15 is 0 Å². The number of hydrogen-bond acceptors (Lipinski definition) is 11. The highest BCUT2D eigenvalue weighted by Crippen LogP contribution is 2.31. The molecule has 0 spiro atoms.